The molecule has 1 saturated heterocycles. The number of carbonyl (C=O) groups excluding carboxylic acids is 2. The number of aryl methyl sites for hydroxylation is 2. The van der Waals surface area contributed by atoms with Crippen molar-refractivity contribution in [1.82, 2.24) is 9.80 Å². The van der Waals surface area contributed by atoms with Crippen LogP contribution in [0.2, 0.25) is 0 Å². The monoisotopic (exact) mass is 315 g/mol. The molecule has 1 aliphatic carbocycles. The van der Waals surface area contributed by atoms with Crippen LogP contribution in [-0.2, 0) is 17.6 Å². The average Bonchev–Trinajstić information content (AvgIpc) is 3.01. The number of carbonyl (C=O) groups is 2. The van der Waals surface area contributed by atoms with Crippen LogP contribution in [0.15, 0.2) is 18.2 Å². The Kier molecular flexibility index (Phi) is 4.55. The number of piperidine rings is 1. The van der Waals surface area contributed by atoms with E-state index in [9.17, 15) is 9.59 Å². The van der Waals surface area contributed by atoms with Crippen LogP contribution in [0.25, 0.3) is 0 Å². The highest BCUT2D eigenvalue weighted by atomic mass is 16.2. The van der Waals surface area contributed by atoms with Crippen LogP contribution in [0.4, 0.5) is 10.5 Å². The first kappa shape index (κ1) is 15.8. The zero-order valence-electron chi connectivity index (χ0n) is 14.0. The molecular formula is C18H25N3O2. The zero-order valence-corrected chi connectivity index (χ0v) is 14.0. The van der Waals surface area contributed by atoms with E-state index in [0.717, 1.165) is 31.4 Å². The number of urea groups is 1. The highest BCUT2D eigenvalue weighted by Gasteiger charge is 2.28. The fourth-order valence-corrected chi connectivity index (χ4v) is 3.51. The van der Waals surface area contributed by atoms with Crippen molar-refractivity contribution in [2.75, 3.05) is 32.5 Å². The van der Waals surface area contributed by atoms with Gasteiger partial charge in [0.15, 0.2) is 0 Å². The molecule has 3 rings (SSSR count). The predicted octanol–water partition coefficient (Wildman–Crippen LogP) is 2.51. The summed E-state index contributed by atoms with van der Waals surface area (Å²) in [5.41, 5.74) is 3.69. The maximum Gasteiger partial charge on any atom is 0.319 e. The lowest BCUT2D eigenvalue weighted by molar-refractivity contribution is -0.121. The summed E-state index contributed by atoms with van der Waals surface area (Å²) in [4.78, 5) is 27.8. The largest absolute Gasteiger partial charge is 0.331 e. The minimum absolute atomic E-state index is 0.00512. The number of hydrogen-bond acceptors (Lipinski definition) is 2. The van der Waals surface area contributed by atoms with Crippen molar-refractivity contribution >= 4 is 17.6 Å². The number of likely N-dealkylation sites (tertiary alicyclic amines) is 1. The molecule has 5 heteroatoms. The van der Waals surface area contributed by atoms with Crippen LogP contribution in [-0.4, -0.2) is 48.9 Å². The first-order chi connectivity index (χ1) is 11.0. The Morgan fingerprint density at radius 3 is 2.52 bits per heavy atom. The molecule has 5 nitrogen and oxygen atoms in total. The van der Waals surface area contributed by atoms with Gasteiger partial charge >= 0.3 is 6.03 Å². The van der Waals surface area contributed by atoms with Gasteiger partial charge in [0.1, 0.15) is 0 Å². The van der Waals surface area contributed by atoms with Crippen molar-refractivity contribution < 1.29 is 9.59 Å². The van der Waals surface area contributed by atoms with E-state index < -0.39 is 0 Å². The molecular weight excluding hydrogens is 290 g/mol. The van der Waals surface area contributed by atoms with Gasteiger partial charge in [0.05, 0.1) is 0 Å². The molecule has 23 heavy (non-hydrogen) atoms. The lowest BCUT2D eigenvalue weighted by Crippen LogP contribution is -2.45. The standard InChI is InChI=1S/C18H25N3O2/c1-20(2)18(23)21-10-8-14(9-11-21)17(22)19-16-7-6-13-4-3-5-15(13)12-16/h6-7,12,14H,3-5,8-11H2,1-2H3,(H,19,22). The highest BCUT2D eigenvalue weighted by Crippen LogP contribution is 2.26. The van der Waals surface area contributed by atoms with E-state index in [-0.39, 0.29) is 17.9 Å². The SMILES string of the molecule is CN(C)C(=O)N1CCC(C(=O)Nc2ccc3c(c2)CCC3)CC1. The third kappa shape index (κ3) is 3.49. The predicted molar refractivity (Wildman–Crippen MR) is 90.5 cm³/mol. The summed E-state index contributed by atoms with van der Waals surface area (Å²) in [7, 11) is 3.52. The summed E-state index contributed by atoms with van der Waals surface area (Å²) in [6, 6.07) is 6.29. The van der Waals surface area contributed by atoms with E-state index in [0.29, 0.717) is 13.1 Å². The molecule has 0 atom stereocenters. The second-order valence-electron chi connectivity index (χ2n) is 6.76. The number of fused-ring (bicyclic) bond motifs is 1. The minimum atomic E-state index is -0.00512. The van der Waals surface area contributed by atoms with Crippen molar-refractivity contribution in [3.8, 4) is 0 Å². The van der Waals surface area contributed by atoms with Gasteiger partial charge in [-0.25, -0.2) is 4.79 Å². The zero-order chi connectivity index (χ0) is 16.4. The van der Waals surface area contributed by atoms with Crippen molar-refractivity contribution in [1.29, 1.82) is 0 Å². The van der Waals surface area contributed by atoms with Gasteiger partial charge in [0, 0.05) is 38.8 Å². The van der Waals surface area contributed by atoms with E-state index in [4.69, 9.17) is 0 Å². The van der Waals surface area contributed by atoms with E-state index in [1.54, 1.807) is 19.0 Å². The number of hydrogen-bond donors (Lipinski definition) is 1. The molecule has 1 aromatic carbocycles. The molecule has 1 N–H and O–H groups in total. The second-order valence-corrected chi connectivity index (χ2v) is 6.76. The lowest BCUT2D eigenvalue weighted by atomic mass is 9.96. The maximum absolute atomic E-state index is 12.5. The van der Waals surface area contributed by atoms with E-state index in [2.05, 4.69) is 17.4 Å². The number of rotatable bonds is 2. The summed E-state index contributed by atoms with van der Waals surface area (Å²) in [5.74, 6) is 0.0781. The van der Waals surface area contributed by atoms with Gasteiger partial charge in [-0.05, 0) is 55.4 Å². The molecule has 2 aliphatic rings. The smallest absolute Gasteiger partial charge is 0.319 e. The first-order valence-corrected chi connectivity index (χ1v) is 8.43. The summed E-state index contributed by atoms with van der Waals surface area (Å²) in [6.45, 7) is 1.30. The van der Waals surface area contributed by atoms with Gasteiger partial charge in [-0.1, -0.05) is 6.07 Å². The fraction of sp³-hybridized carbons (Fsp3) is 0.556. The van der Waals surface area contributed by atoms with Crippen LogP contribution in [0.1, 0.15) is 30.4 Å². The third-order valence-electron chi connectivity index (χ3n) is 4.88. The lowest BCUT2D eigenvalue weighted by Gasteiger charge is -2.33. The molecule has 3 amide bonds. The molecule has 1 aromatic rings. The molecule has 1 fully saturated rings. The number of benzene rings is 1. The van der Waals surface area contributed by atoms with Crippen molar-refractivity contribution in [3.63, 3.8) is 0 Å². The van der Waals surface area contributed by atoms with E-state index >= 15 is 0 Å². The Labute approximate surface area is 137 Å². The number of nitrogens with zero attached hydrogens (tertiary/aromatic N) is 2. The molecule has 0 unspecified atom stereocenters. The Hall–Kier alpha value is -2.04. The van der Waals surface area contributed by atoms with Gasteiger partial charge in [0.2, 0.25) is 5.91 Å². The number of amides is 3. The maximum atomic E-state index is 12.5. The van der Waals surface area contributed by atoms with E-state index in [1.165, 1.54) is 17.5 Å². The van der Waals surface area contributed by atoms with Gasteiger partial charge in [-0.15, -0.1) is 0 Å². The van der Waals surface area contributed by atoms with Crippen LogP contribution in [0, 0.1) is 5.92 Å². The molecule has 0 bridgehead atoms. The average molecular weight is 315 g/mol. The summed E-state index contributed by atoms with van der Waals surface area (Å²) >= 11 is 0. The minimum Gasteiger partial charge on any atom is -0.331 e. The summed E-state index contributed by atoms with van der Waals surface area (Å²) in [6.07, 6.45) is 4.95. The molecule has 1 aliphatic heterocycles. The van der Waals surface area contributed by atoms with Crippen LogP contribution < -0.4 is 5.32 Å². The molecule has 1 heterocycles. The third-order valence-corrected chi connectivity index (χ3v) is 4.88. The van der Waals surface area contributed by atoms with Gasteiger partial charge in [0.25, 0.3) is 0 Å². The van der Waals surface area contributed by atoms with Crippen LogP contribution in [0.5, 0.6) is 0 Å². The number of nitrogens with one attached hydrogen (secondary N) is 1. The Balaban J connectivity index is 1.55. The van der Waals surface area contributed by atoms with Crippen molar-refractivity contribution in [3.05, 3.63) is 29.3 Å². The normalized spacial score (nSPS) is 17.7. The quantitative estimate of drug-likeness (QED) is 0.911. The summed E-state index contributed by atoms with van der Waals surface area (Å²) < 4.78 is 0. The van der Waals surface area contributed by atoms with Crippen LogP contribution in [0.3, 0.4) is 0 Å². The Morgan fingerprint density at radius 1 is 1.13 bits per heavy atom. The molecule has 0 spiro atoms. The molecule has 124 valence electrons. The molecule has 0 aromatic heterocycles. The summed E-state index contributed by atoms with van der Waals surface area (Å²) in [5, 5.41) is 3.06. The molecule has 0 radical (unpaired) electrons. The first-order valence-electron chi connectivity index (χ1n) is 8.43. The van der Waals surface area contributed by atoms with Gasteiger partial charge in [-0.2, -0.15) is 0 Å². The second kappa shape index (κ2) is 6.60. The highest BCUT2D eigenvalue weighted by molar-refractivity contribution is 5.92. The van der Waals surface area contributed by atoms with Gasteiger partial charge in [-0.3, -0.25) is 4.79 Å². The van der Waals surface area contributed by atoms with E-state index in [1.807, 2.05) is 11.0 Å². The van der Waals surface area contributed by atoms with Gasteiger partial charge < -0.3 is 15.1 Å². The number of anilines is 1. The Bertz CT molecular complexity index is 604. The van der Waals surface area contributed by atoms with Crippen LogP contribution >= 0.6 is 0 Å². The molecule has 0 saturated carbocycles. The fourth-order valence-electron chi connectivity index (χ4n) is 3.51. The topological polar surface area (TPSA) is 52.7 Å². The van der Waals surface area contributed by atoms with Crippen molar-refractivity contribution in [2.24, 2.45) is 5.92 Å². The van der Waals surface area contributed by atoms with Crippen molar-refractivity contribution in [2.45, 2.75) is 32.1 Å². The Morgan fingerprint density at radius 2 is 1.83 bits per heavy atom.